The van der Waals surface area contributed by atoms with Gasteiger partial charge in [0.25, 0.3) is 0 Å². The minimum atomic E-state index is -3.43. The molecule has 0 saturated heterocycles. The summed E-state index contributed by atoms with van der Waals surface area (Å²) in [6.45, 7) is 1.24. The van der Waals surface area contributed by atoms with Crippen molar-refractivity contribution in [2.45, 2.75) is 37.5 Å². The number of nitrogens with one attached hydrogen (secondary N) is 1. The molecular formula is C21H22N4O4S2. The van der Waals surface area contributed by atoms with Gasteiger partial charge in [-0.1, -0.05) is 35.5 Å². The molecule has 3 N–H and O–H groups in total. The number of sulfonamides is 1. The Morgan fingerprint density at radius 1 is 1.29 bits per heavy atom. The highest BCUT2D eigenvalue weighted by Gasteiger charge is 2.37. The van der Waals surface area contributed by atoms with Gasteiger partial charge >= 0.3 is 5.97 Å². The summed E-state index contributed by atoms with van der Waals surface area (Å²) in [5.74, 6) is -0.503. The summed E-state index contributed by atoms with van der Waals surface area (Å²) in [6.07, 6.45) is 1.75. The van der Waals surface area contributed by atoms with Gasteiger partial charge in [0.05, 0.1) is 21.5 Å². The Balaban J connectivity index is 1.64. The van der Waals surface area contributed by atoms with Gasteiger partial charge in [0.15, 0.2) is 5.84 Å². The van der Waals surface area contributed by atoms with Crippen LogP contribution in [0.1, 0.15) is 41.9 Å². The van der Waals surface area contributed by atoms with Crippen molar-refractivity contribution in [1.82, 2.24) is 9.71 Å². The van der Waals surface area contributed by atoms with Crippen LogP contribution in [0.3, 0.4) is 0 Å². The molecular weight excluding hydrogens is 436 g/mol. The number of thiazole rings is 1. The minimum absolute atomic E-state index is 0.0622. The molecule has 10 heteroatoms. The lowest BCUT2D eigenvalue weighted by atomic mass is 10.0. The lowest BCUT2D eigenvalue weighted by Gasteiger charge is -2.17. The second-order valence-corrected chi connectivity index (χ2v) is 10.5. The van der Waals surface area contributed by atoms with Crippen LogP contribution in [0.5, 0.6) is 0 Å². The average Bonchev–Trinajstić information content (AvgIpc) is 3.51. The number of hydrogen-bond donors (Lipinski definition) is 2. The van der Waals surface area contributed by atoms with Crippen molar-refractivity contribution in [3.05, 3.63) is 64.7 Å². The third-order valence-electron chi connectivity index (χ3n) is 4.81. The predicted molar refractivity (Wildman–Crippen MR) is 120 cm³/mol. The molecule has 0 aliphatic heterocycles. The first-order chi connectivity index (χ1) is 14.8. The predicted octanol–water partition coefficient (Wildman–Crippen LogP) is 2.85. The highest BCUT2D eigenvalue weighted by atomic mass is 32.2. The Hall–Kier alpha value is -2.82. The van der Waals surface area contributed by atoms with E-state index in [4.69, 9.17) is 5.73 Å². The number of nitrogens with zero attached hydrogens (tertiary/aromatic N) is 2. The van der Waals surface area contributed by atoms with Crippen molar-refractivity contribution >= 4 is 43.4 Å². The SMILES string of the molecule is CC(=O)ON=C(N)c1cccc(CC(NS(=O)(=O)C2CC2)c2nc3ccccc3s2)c1. The van der Waals surface area contributed by atoms with Crippen LogP contribution in [0.4, 0.5) is 0 Å². The third-order valence-corrected chi connectivity index (χ3v) is 7.93. The number of carbonyl (C=O) groups excluding carboxylic acids is 1. The number of fused-ring (bicyclic) bond motifs is 1. The Bertz CT molecular complexity index is 1220. The lowest BCUT2D eigenvalue weighted by Crippen LogP contribution is -2.32. The molecule has 0 radical (unpaired) electrons. The third kappa shape index (κ3) is 5.27. The van der Waals surface area contributed by atoms with Crippen LogP contribution in [0, 0.1) is 0 Å². The summed E-state index contributed by atoms with van der Waals surface area (Å²) in [4.78, 5) is 20.2. The van der Waals surface area contributed by atoms with E-state index in [1.165, 1.54) is 18.3 Å². The van der Waals surface area contributed by atoms with Crippen LogP contribution in [-0.2, 0) is 26.1 Å². The summed E-state index contributed by atoms with van der Waals surface area (Å²) in [5, 5.41) is 3.99. The topological polar surface area (TPSA) is 124 Å². The number of carbonyl (C=O) groups is 1. The maximum absolute atomic E-state index is 12.7. The van der Waals surface area contributed by atoms with Crippen LogP contribution in [-0.4, -0.2) is 30.5 Å². The van der Waals surface area contributed by atoms with Gasteiger partial charge in [0, 0.05) is 12.5 Å². The number of amidine groups is 1. The van der Waals surface area contributed by atoms with E-state index in [-0.39, 0.29) is 11.1 Å². The zero-order chi connectivity index (χ0) is 22.0. The summed E-state index contributed by atoms with van der Waals surface area (Å²) in [7, 11) is -3.43. The zero-order valence-electron chi connectivity index (χ0n) is 16.8. The molecule has 0 amide bonds. The van der Waals surface area contributed by atoms with E-state index < -0.39 is 22.0 Å². The molecule has 1 fully saturated rings. The van der Waals surface area contributed by atoms with Crippen molar-refractivity contribution < 1.29 is 18.0 Å². The Kier molecular flexibility index (Phi) is 6.03. The molecule has 1 unspecified atom stereocenters. The highest BCUT2D eigenvalue weighted by Crippen LogP contribution is 2.33. The van der Waals surface area contributed by atoms with Crippen molar-refractivity contribution in [3.63, 3.8) is 0 Å². The molecule has 0 spiro atoms. The molecule has 162 valence electrons. The zero-order valence-corrected chi connectivity index (χ0v) is 18.4. The lowest BCUT2D eigenvalue weighted by molar-refractivity contribution is -0.140. The van der Waals surface area contributed by atoms with E-state index in [2.05, 4.69) is 19.7 Å². The van der Waals surface area contributed by atoms with Crippen molar-refractivity contribution in [2.75, 3.05) is 0 Å². The minimum Gasteiger partial charge on any atom is -0.380 e. The van der Waals surface area contributed by atoms with Gasteiger partial charge in [0.1, 0.15) is 5.01 Å². The van der Waals surface area contributed by atoms with Crippen molar-refractivity contribution in [1.29, 1.82) is 0 Å². The van der Waals surface area contributed by atoms with Crippen molar-refractivity contribution in [3.8, 4) is 0 Å². The fourth-order valence-electron chi connectivity index (χ4n) is 3.15. The van der Waals surface area contributed by atoms with E-state index in [1.807, 2.05) is 30.3 Å². The average molecular weight is 459 g/mol. The molecule has 1 aromatic heterocycles. The summed E-state index contributed by atoms with van der Waals surface area (Å²) in [6, 6.07) is 14.4. The quantitative estimate of drug-likeness (QED) is 0.232. The number of hydrogen-bond acceptors (Lipinski definition) is 7. The maximum atomic E-state index is 12.7. The highest BCUT2D eigenvalue weighted by molar-refractivity contribution is 7.90. The molecule has 3 aromatic rings. The van der Waals surface area contributed by atoms with Gasteiger partial charge in [-0.05, 0) is 43.0 Å². The van der Waals surface area contributed by atoms with Crippen LogP contribution >= 0.6 is 11.3 Å². The standard InChI is InChI=1S/C21H22N4O4S2/c1-13(26)29-24-20(22)15-6-4-5-14(11-15)12-18(25-31(27,28)16-9-10-16)21-23-17-7-2-3-8-19(17)30-21/h2-8,11,16,18,25H,9-10,12H2,1H3,(H2,22,24). The van der Waals surface area contributed by atoms with E-state index in [0.29, 0.717) is 29.8 Å². The van der Waals surface area contributed by atoms with E-state index >= 15 is 0 Å². The van der Waals surface area contributed by atoms with E-state index in [9.17, 15) is 13.2 Å². The van der Waals surface area contributed by atoms with Gasteiger partial charge in [-0.3, -0.25) is 0 Å². The molecule has 2 aromatic carbocycles. The number of nitrogens with two attached hydrogens (primary N) is 1. The number of para-hydroxylation sites is 1. The second kappa shape index (κ2) is 8.74. The van der Waals surface area contributed by atoms with E-state index in [1.54, 1.807) is 18.2 Å². The summed E-state index contributed by atoms with van der Waals surface area (Å²) < 4.78 is 29.2. The molecule has 1 aliphatic rings. The molecule has 1 saturated carbocycles. The number of oxime groups is 1. The molecule has 4 rings (SSSR count). The largest absolute Gasteiger partial charge is 0.380 e. The van der Waals surface area contributed by atoms with Crippen LogP contribution in [0.15, 0.2) is 53.7 Å². The van der Waals surface area contributed by atoms with Gasteiger partial charge < -0.3 is 10.6 Å². The fourth-order valence-corrected chi connectivity index (χ4v) is 5.78. The Morgan fingerprint density at radius 2 is 2.06 bits per heavy atom. The fraction of sp³-hybridized carbons (Fsp3) is 0.286. The van der Waals surface area contributed by atoms with Crippen LogP contribution in [0.25, 0.3) is 10.2 Å². The summed E-state index contributed by atoms with van der Waals surface area (Å²) >= 11 is 1.48. The number of rotatable bonds is 8. The molecule has 31 heavy (non-hydrogen) atoms. The van der Waals surface area contributed by atoms with Gasteiger partial charge in [0.2, 0.25) is 10.0 Å². The van der Waals surface area contributed by atoms with Crippen LogP contribution in [0.2, 0.25) is 0 Å². The van der Waals surface area contributed by atoms with Crippen molar-refractivity contribution in [2.24, 2.45) is 10.9 Å². The van der Waals surface area contributed by atoms with Gasteiger partial charge in [-0.15, -0.1) is 11.3 Å². The maximum Gasteiger partial charge on any atom is 0.332 e. The molecule has 8 nitrogen and oxygen atoms in total. The molecule has 0 bridgehead atoms. The first kappa shape index (κ1) is 21.4. The molecule has 1 atom stereocenters. The Labute approximate surface area is 184 Å². The first-order valence-corrected chi connectivity index (χ1v) is 12.1. The van der Waals surface area contributed by atoms with Gasteiger partial charge in [-0.25, -0.2) is 22.9 Å². The Morgan fingerprint density at radius 3 is 2.77 bits per heavy atom. The number of benzene rings is 2. The van der Waals surface area contributed by atoms with Gasteiger partial charge in [-0.2, -0.15) is 0 Å². The second-order valence-electron chi connectivity index (χ2n) is 7.40. The smallest absolute Gasteiger partial charge is 0.332 e. The molecule has 1 heterocycles. The van der Waals surface area contributed by atoms with Crippen LogP contribution < -0.4 is 10.5 Å². The normalized spacial score (nSPS) is 15.7. The number of aromatic nitrogens is 1. The summed E-state index contributed by atoms with van der Waals surface area (Å²) in [5.41, 5.74) is 8.17. The monoisotopic (exact) mass is 458 g/mol. The first-order valence-electron chi connectivity index (χ1n) is 9.79. The molecule has 1 aliphatic carbocycles. The van der Waals surface area contributed by atoms with E-state index in [0.717, 1.165) is 15.8 Å².